The summed E-state index contributed by atoms with van der Waals surface area (Å²) in [4.78, 5) is 30.7. The third-order valence-electron chi connectivity index (χ3n) is 5.12. The minimum atomic E-state index is -0.506. The van der Waals surface area contributed by atoms with Gasteiger partial charge in [-0.2, -0.15) is 0 Å². The van der Waals surface area contributed by atoms with Gasteiger partial charge in [0, 0.05) is 22.8 Å². The highest BCUT2D eigenvalue weighted by molar-refractivity contribution is 8.00. The van der Waals surface area contributed by atoms with E-state index >= 15 is 0 Å². The van der Waals surface area contributed by atoms with Gasteiger partial charge in [-0.3, -0.25) is 14.2 Å². The number of aromatic nitrogens is 2. The average molecular weight is 476 g/mol. The van der Waals surface area contributed by atoms with Gasteiger partial charge in [0.1, 0.15) is 0 Å². The van der Waals surface area contributed by atoms with E-state index < -0.39 is 5.25 Å². The van der Waals surface area contributed by atoms with Gasteiger partial charge in [0.15, 0.2) is 5.16 Å². The zero-order valence-corrected chi connectivity index (χ0v) is 19.6. The molecule has 4 aromatic rings. The van der Waals surface area contributed by atoms with E-state index in [9.17, 15) is 9.59 Å². The lowest BCUT2D eigenvalue weighted by molar-refractivity contribution is -0.115. The molecule has 0 radical (unpaired) electrons. The van der Waals surface area contributed by atoms with Crippen LogP contribution < -0.4 is 10.9 Å². The van der Waals surface area contributed by atoms with Crippen LogP contribution in [0.15, 0.2) is 95.4 Å². The van der Waals surface area contributed by atoms with Gasteiger partial charge in [-0.1, -0.05) is 78.0 Å². The number of para-hydroxylation sites is 1. The molecule has 4 rings (SSSR count). The first-order valence-electron chi connectivity index (χ1n) is 10.4. The average Bonchev–Trinajstić information content (AvgIpc) is 2.82. The van der Waals surface area contributed by atoms with Gasteiger partial charge in [0.25, 0.3) is 5.56 Å². The summed E-state index contributed by atoms with van der Waals surface area (Å²) >= 11 is 7.32. The van der Waals surface area contributed by atoms with E-state index in [-0.39, 0.29) is 18.0 Å². The number of nitrogens with zero attached hydrogens (tertiary/aromatic N) is 2. The first-order valence-corrected chi connectivity index (χ1v) is 11.7. The molecule has 1 amide bonds. The number of hydrogen-bond acceptors (Lipinski definition) is 4. The summed E-state index contributed by atoms with van der Waals surface area (Å²) in [6.07, 6.45) is 1.63. The lowest BCUT2D eigenvalue weighted by atomic mass is 10.0. The van der Waals surface area contributed by atoms with Crippen molar-refractivity contribution in [2.24, 2.45) is 0 Å². The molecule has 1 N–H and O–H groups in total. The fourth-order valence-corrected chi connectivity index (χ4v) is 4.55. The van der Waals surface area contributed by atoms with Gasteiger partial charge in [0.2, 0.25) is 5.91 Å². The molecule has 1 aromatic heterocycles. The van der Waals surface area contributed by atoms with Crippen LogP contribution in [0.2, 0.25) is 5.02 Å². The van der Waals surface area contributed by atoms with E-state index in [2.05, 4.69) is 16.9 Å². The number of benzene rings is 3. The van der Waals surface area contributed by atoms with E-state index in [1.165, 1.54) is 16.3 Å². The highest BCUT2D eigenvalue weighted by atomic mass is 35.5. The van der Waals surface area contributed by atoms with E-state index in [0.717, 1.165) is 16.8 Å². The Bertz CT molecular complexity index is 1390. The second kappa shape index (κ2) is 10.1. The van der Waals surface area contributed by atoms with Gasteiger partial charge in [-0.25, -0.2) is 4.98 Å². The lowest BCUT2D eigenvalue weighted by Gasteiger charge is -2.17. The minimum absolute atomic E-state index is 0.186. The molecule has 0 fully saturated rings. The number of allylic oxidation sites excluding steroid dienone is 1. The Kier molecular flexibility index (Phi) is 6.96. The Morgan fingerprint density at radius 1 is 1.15 bits per heavy atom. The van der Waals surface area contributed by atoms with Crippen LogP contribution in [-0.2, 0) is 11.3 Å². The molecule has 0 aliphatic rings. The molecular formula is C26H22ClN3O2S. The SMILES string of the molecule is C=CCn1c(SC(C)C(=O)Nc2ccccc2-c2ccccc2)nc2cc(Cl)ccc2c1=O. The van der Waals surface area contributed by atoms with E-state index in [0.29, 0.717) is 21.1 Å². The Hall–Kier alpha value is -3.35. The number of hydrogen-bond donors (Lipinski definition) is 1. The third-order valence-corrected chi connectivity index (χ3v) is 6.44. The third kappa shape index (κ3) is 5.02. The van der Waals surface area contributed by atoms with Crippen molar-refractivity contribution >= 4 is 45.9 Å². The van der Waals surface area contributed by atoms with Gasteiger partial charge in [-0.15, -0.1) is 6.58 Å². The Morgan fingerprint density at radius 3 is 2.64 bits per heavy atom. The second-order valence-corrected chi connectivity index (χ2v) is 9.17. The van der Waals surface area contributed by atoms with Crippen LogP contribution in [0, 0.1) is 0 Å². The van der Waals surface area contributed by atoms with Crippen molar-refractivity contribution in [3.63, 3.8) is 0 Å². The normalized spacial score (nSPS) is 11.8. The maximum Gasteiger partial charge on any atom is 0.262 e. The fourth-order valence-electron chi connectivity index (χ4n) is 3.46. The number of carbonyl (C=O) groups excluding carboxylic acids is 1. The molecule has 7 heteroatoms. The van der Waals surface area contributed by atoms with Crippen LogP contribution in [0.25, 0.3) is 22.0 Å². The molecule has 1 atom stereocenters. The smallest absolute Gasteiger partial charge is 0.262 e. The maximum absolute atomic E-state index is 13.1. The second-order valence-electron chi connectivity index (χ2n) is 7.42. The summed E-state index contributed by atoms with van der Waals surface area (Å²) in [5.41, 5.74) is 2.98. The molecule has 0 aliphatic heterocycles. The number of fused-ring (bicyclic) bond motifs is 1. The van der Waals surface area contributed by atoms with Crippen LogP contribution in [0.1, 0.15) is 6.92 Å². The number of halogens is 1. The number of nitrogens with one attached hydrogen (secondary N) is 1. The molecule has 5 nitrogen and oxygen atoms in total. The lowest BCUT2D eigenvalue weighted by Crippen LogP contribution is -2.27. The fraction of sp³-hybridized carbons (Fsp3) is 0.115. The summed E-state index contributed by atoms with van der Waals surface area (Å²) in [6.45, 7) is 5.82. The van der Waals surface area contributed by atoms with E-state index in [1.54, 1.807) is 31.2 Å². The molecule has 0 saturated heterocycles. The summed E-state index contributed by atoms with van der Waals surface area (Å²) in [7, 11) is 0. The van der Waals surface area contributed by atoms with Gasteiger partial charge in [0.05, 0.1) is 16.2 Å². The molecule has 3 aromatic carbocycles. The number of thioether (sulfide) groups is 1. The highest BCUT2D eigenvalue weighted by Gasteiger charge is 2.20. The van der Waals surface area contributed by atoms with E-state index in [1.807, 2.05) is 54.6 Å². The van der Waals surface area contributed by atoms with E-state index in [4.69, 9.17) is 11.6 Å². The van der Waals surface area contributed by atoms with Crippen molar-refractivity contribution in [2.75, 3.05) is 5.32 Å². The van der Waals surface area contributed by atoms with Gasteiger partial charge >= 0.3 is 0 Å². The predicted molar refractivity (Wildman–Crippen MR) is 137 cm³/mol. The number of anilines is 1. The summed E-state index contributed by atoms with van der Waals surface area (Å²) in [5.74, 6) is -0.186. The largest absolute Gasteiger partial charge is 0.325 e. The molecule has 1 unspecified atom stereocenters. The summed E-state index contributed by atoms with van der Waals surface area (Å²) in [6, 6.07) is 22.5. The number of carbonyl (C=O) groups is 1. The summed E-state index contributed by atoms with van der Waals surface area (Å²) in [5, 5.41) is 3.92. The number of rotatable bonds is 7. The zero-order chi connectivity index (χ0) is 23.4. The Balaban J connectivity index is 1.62. The molecule has 1 heterocycles. The van der Waals surface area contributed by atoms with Gasteiger partial charge < -0.3 is 5.32 Å². The van der Waals surface area contributed by atoms with Crippen molar-refractivity contribution in [2.45, 2.75) is 23.9 Å². The van der Waals surface area contributed by atoms with Crippen molar-refractivity contribution in [3.8, 4) is 11.1 Å². The van der Waals surface area contributed by atoms with Gasteiger partial charge in [-0.05, 0) is 36.8 Å². The molecule has 0 bridgehead atoms. The number of amides is 1. The molecular weight excluding hydrogens is 454 g/mol. The van der Waals surface area contributed by atoms with Crippen LogP contribution in [0.3, 0.4) is 0 Å². The standard InChI is InChI=1S/C26H22ClN3O2S/c1-3-15-30-25(32)21-14-13-19(27)16-23(21)29-26(30)33-17(2)24(31)28-22-12-8-7-11-20(22)18-9-5-4-6-10-18/h3-14,16-17H,1,15H2,2H3,(H,28,31). The first kappa shape index (κ1) is 22.8. The molecule has 0 saturated carbocycles. The maximum atomic E-state index is 13.1. The molecule has 0 spiro atoms. The van der Waals surface area contributed by atoms with Crippen molar-refractivity contribution in [1.82, 2.24) is 9.55 Å². The highest BCUT2D eigenvalue weighted by Crippen LogP contribution is 2.29. The van der Waals surface area contributed by atoms with Crippen LogP contribution >= 0.6 is 23.4 Å². The Labute approximate surface area is 201 Å². The summed E-state index contributed by atoms with van der Waals surface area (Å²) < 4.78 is 1.52. The predicted octanol–water partition coefficient (Wildman–Crippen LogP) is 6.02. The topological polar surface area (TPSA) is 64.0 Å². The van der Waals surface area contributed by atoms with Crippen molar-refractivity contribution in [1.29, 1.82) is 0 Å². The van der Waals surface area contributed by atoms with Crippen LogP contribution in [0.4, 0.5) is 5.69 Å². The quantitative estimate of drug-likeness (QED) is 0.201. The monoisotopic (exact) mass is 475 g/mol. The van der Waals surface area contributed by atoms with Crippen molar-refractivity contribution in [3.05, 3.63) is 101 Å². The molecule has 166 valence electrons. The molecule has 33 heavy (non-hydrogen) atoms. The van der Waals surface area contributed by atoms with Crippen LogP contribution in [-0.4, -0.2) is 20.7 Å². The minimum Gasteiger partial charge on any atom is -0.325 e. The Morgan fingerprint density at radius 2 is 1.88 bits per heavy atom. The molecule has 0 aliphatic carbocycles. The zero-order valence-electron chi connectivity index (χ0n) is 18.0. The van der Waals surface area contributed by atoms with Crippen LogP contribution in [0.5, 0.6) is 0 Å². The first-order chi connectivity index (χ1) is 16.0. The van der Waals surface area contributed by atoms with Crippen molar-refractivity contribution < 1.29 is 4.79 Å².